The lowest BCUT2D eigenvalue weighted by Gasteiger charge is -2.35. The van der Waals surface area contributed by atoms with E-state index in [0.29, 0.717) is 29.8 Å². The third-order valence-corrected chi connectivity index (χ3v) is 24.6. The van der Waals surface area contributed by atoms with Crippen molar-refractivity contribution in [2.24, 2.45) is 40.5 Å². The molecule has 0 saturated carbocycles. The molecule has 36 nitrogen and oxygen atoms in total. The molecular weight excluding hydrogens is 1620 g/mol. The van der Waals surface area contributed by atoms with Crippen LogP contribution in [0.3, 0.4) is 0 Å². The number of aliphatic hydroxyl groups is 1. The number of halogens is 1. The van der Waals surface area contributed by atoms with Crippen LogP contribution in [0.2, 0.25) is 5.02 Å². The van der Waals surface area contributed by atoms with Crippen LogP contribution in [0.4, 0.5) is 11.4 Å². The number of phenols is 1. The summed E-state index contributed by atoms with van der Waals surface area (Å²) in [6.45, 7) is 4.94. The number of amides is 6. The van der Waals surface area contributed by atoms with Gasteiger partial charge in [0.25, 0.3) is 10.9 Å². The van der Waals surface area contributed by atoms with Gasteiger partial charge in [-0.05, 0) is 54.4 Å². The van der Waals surface area contributed by atoms with Gasteiger partial charge >= 0.3 is 23.9 Å². The second-order valence-electron chi connectivity index (χ2n) is 31.3. The number of rotatable bonds is 34. The number of aliphatic carboxylic acids is 4. The number of carbonyl (C=O) groups excluding carboxylic acids is 10. The highest BCUT2D eigenvalue weighted by Crippen LogP contribution is 2.33. The SMILES string of the molecule is CCC(C)[C@H](CC(=O)[C@H](CC1=CCC=N1)NC(=O)[C@@H]1CSSC[C@H](NC(=O)[C@@H](CC(=O)[C@H](Cc2ccccc2)Nc2c(N3CCN(CC(=O)O)CCN(CC(=O)O)CCN(CC(=O)O)CC3)c(=O)c2=O)Cc2cnc[nH]2)C(=O)N2CC(O)C[C@H]2C(=O)N[C@@H](Cc2ccc(O)c(Cl)c2)C(=O)C[C@@H](CC(=O)O)C(=O)N[C@@H](CC(C)C)C(=O)C1)C(=O)NC. The number of benzene rings is 2. The smallest absolute Gasteiger partial charge is 0.317 e. The quantitative estimate of drug-likeness (QED) is 0.0233. The predicted octanol–water partition coefficient (Wildman–Crippen LogP) is 1.51. The highest BCUT2D eigenvalue weighted by molar-refractivity contribution is 8.76. The number of H-pyrrole nitrogens is 1. The van der Waals surface area contributed by atoms with Crippen molar-refractivity contribution in [3.63, 3.8) is 0 Å². The van der Waals surface area contributed by atoms with Crippen LogP contribution in [0.25, 0.3) is 0 Å². The molecule has 0 radical (unpaired) electrons. The van der Waals surface area contributed by atoms with Gasteiger partial charge in [-0.15, -0.1) is 0 Å². The molecular formula is C81H107ClN14O22S2. The van der Waals surface area contributed by atoms with Gasteiger partial charge in [-0.3, -0.25) is 96.4 Å². The first kappa shape index (κ1) is 95.2. The lowest BCUT2D eigenvalue weighted by molar-refractivity contribution is -0.143. The molecule has 0 spiro atoms. The number of carboxylic acid groups (broad SMARTS) is 4. The molecule has 652 valence electrons. The molecule has 3 aromatic carbocycles. The van der Waals surface area contributed by atoms with Crippen molar-refractivity contribution in [1.82, 2.24) is 56.2 Å². The molecule has 4 aromatic rings. The third-order valence-electron chi connectivity index (χ3n) is 21.8. The molecule has 0 aliphatic carbocycles. The second kappa shape index (κ2) is 46.0. The molecule has 8 rings (SSSR count). The third kappa shape index (κ3) is 28.4. The van der Waals surface area contributed by atoms with Crippen LogP contribution in [-0.4, -0.2) is 288 Å². The van der Waals surface area contributed by atoms with E-state index >= 15 is 28.8 Å². The fourth-order valence-electron chi connectivity index (χ4n) is 15.0. The van der Waals surface area contributed by atoms with E-state index in [1.807, 2.05) is 13.8 Å². The Morgan fingerprint density at radius 2 is 1.31 bits per heavy atom. The predicted molar refractivity (Wildman–Crippen MR) is 445 cm³/mol. The summed E-state index contributed by atoms with van der Waals surface area (Å²) in [5.74, 6) is -20.4. The van der Waals surface area contributed by atoms with Crippen LogP contribution in [0, 0.1) is 35.5 Å². The second-order valence-corrected chi connectivity index (χ2v) is 34.3. The zero-order valence-electron chi connectivity index (χ0n) is 67.6. The van der Waals surface area contributed by atoms with E-state index < -0.39 is 230 Å². The number of hydrogen-bond acceptors (Lipinski definition) is 27. The van der Waals surface area contributed by atoms with E-state index in [2.05, 4.69) is 46.9 Å². The number of aliphatic hydroxyl groups excluding tert-OH is 1. The number of ketones is 4. The van der Waals surface area contributed by atoms with E-state index in [1.54, 1.807) is 61.4 Å². The number of nitrogens with zero attached hydrogens (tertiary/aromatic N) is 7. The molecule has 4 aliphatic rings. The van der Waals surface area contributed by atoms with Crippen molar-refractivity contribution < 1.29 is 97.8 Å². The first-order valence-electron chi connectivity index (χ1n) is 39.9. The molecule has 13 N–H and O–H groups in total. The van der Waals surface area contributed by atoms with Crippen molar-refractivity contribution in [2.75, 3.05) is 107 Å². The Balaban J connectivity index is 1.18. The highest BCUT2D eigenvalue weighted by atomic mass is 35.5. The van der Waals surface area contributed by atoms with Gasteiger partial charge in [-0.25, -0.2) is 4.98 Å². The number of aromatic hydroxyl groups is 1. The molecule has 6 amide bonds. The van der Waals surface area contributed by atoms with Crippen LogP contribution in [0.5, 0.6) is 5.75 Å². The maximum Gasteiger partial charge on any atom is 0.317 e. The van der Waals surface area contributed by atoms with Crippen molar-refractivity contribution in [2.45, 2.75) is 154 Å². The van der Waals surface area contributed by atoms with E-state index in [0.717, 1.165) is 26.5 Å². The number of hydrogen-bond donors (Lipinski definition) is 13. The van der Waals surface area contributed by atoms with E-state index in [9.17, 15) is 78.6 Å². The average molecular weight is 1730 g/mol. The maximum atomic E-state index is 15.8. The summed E-state index contributed by atoms with van der Waals surface area (Å²) in [5, 5.41) is 78.3. The molecule has 0 bridgehead atoms. The van der Waals surface area contributed by atoms with Gasteiger partial charge in [0.05, 0.1) is 85.4 Å². The van der Waals surface area contributed by atoms with Crippen molar-refractivity contribution in [3.8, 4) is 5.75 Å². The standard InChI is InChI=1S/C81H107ClN14O22S2/c1-6-46(4)55(79(116)83-5)36-67(102)60(34-52-13-10-16-85-52)89-78(115)51-32-66(101)57(25-45(2)3)88-77(114)50(33-68(103)104)31-65(100)59(28-48-14-15-63(98)56(82)26-48)90-80(117)62-35-54(97)38-96(62)81(118)61(43-120-119-42-51)91-76(113)49(29-53-37-84-44-86-53)30-64(99)58(27-47-11-8-7-9-12-47)87-72-73(75(112)74(72)111)95-23-21-93(40-70(107)108)19-17-92(39-69(105)106)18-20-94(22-24-95)41-71(109)110/h7-9,11-16,26,37,44-46,49-51,54-55,57-62,87,97-98H,6,10,17-25,27-36,38-43H2,1-5H3,(H,83,116)(H,84,86)(H,88,114)(H,89,115)(H,90,117)(H,91,113)(H,103,104)(H,105,106)(H,107,108)(H,109,110)/t46?,49-,50+,51+,54?,55+,57+,58+,59+,60+,61+,62+/m1/s1. The molecule has 120 heavy (non-hydrogen) atoms. The lowest BCUT2D eigenvalue weighted by Crippen LogP contribution is -2.57. The van der Waals surface area contributed by atoms with E-state index in [1.165, 1.54) is 52.5 Å². The minimum atomic E-state index is -1.72. The number of imidazole rings is 1. The number of Topliss-reactive ketones (excluding diaryl/α,β-unsaturated/α-hetero) is 4. The van der Waals surface area contributed by atoms with Crippen LogP contribution in [-0.2, 0) is 86.4 Å². The number of carbonyl (C=O) groups is 14. The van der Waals surface area contributed by atoms with Gasteiger partial charge in [0.15, 0.2) is 23.1 Å². The summed E-state index contributed by atoms with van der Waals surface area (Å²) in [6, 6.07) is 3.19. The van der Waals surface area contributed by atoms with Gasteiger partial charge in [0, 0.05) is 159 Å². The Kier molecular flexibility index (Phi) is 36.5. The normalized spacial score (nSPS) is 22.1. The van der Waals surface area contributed by atoms with Gasteiger partial charge < -0.3 is 77.3 Å². The highest BCUT2D eigenvalue weighted by Gasteiger charge is 2.45. The Morgan fingerprint density at radius 1 is 0.692 bits per heavy atom. The van der Waals surface area contributed by atoms with Crippen LogP contribution >= 0.6 is 33.2 Å². The topological polar surface area (TPSA) is 524 Å². The van der Waals surface area contributed by atoms with Crippen LogP contribution in [0.15, 0.2) is 87.4 Å². The summed E-state index contributed by atoms with van der Waals surface area (Å²) in [5.41, 5.74) is -1.01. The van der Waals surface area contributed by atoms with Crippen molar-refractivity contribution >= 4 is 133 Å². The number of phenolic OH excluding ortho intramolecular Hbond substituents is 1. The molecule has 5 heterocycles. The average Bonchev–Trinajstić information content (AvgIpc) is 0.975. The fourth-order valence-corrected chi connectivity index (χ4v) is 17.7. The van der Waals surface area contributed by atoms with Crippen LogP contribution in [0.1, 0.15) is 109 Å². The molecule has 12 atom stereocenters. The number of aromatic amines is 1. The Bertz CT molecular complexity index is 4440. The van der Waals surface area contributed by atoms with Crippen molar-refractivity contribution in [1.29, 1.82) is 0 Å². The number of fused-ring (bicyclic) bond motifs is 1. The molecule has 3 fully saturated rings. The Morgan fingerprint density at radius 3 is 1.88 bits per heavy atom. The maximum absolute atomic E-state index is 15.8. The summed E-state index contributed by atoms with van der Waals surface area (Å²) >= 11 is 6.34. The molecule has 3 saturated heterocycles. The minimum absolute atomic E-state index is 0.0260. The lowest BCUT2D eigenvalue weighted by atomic mass is 9.84. The van der Waals surface area contributed by atoms with Crippen molar-refractivity contribution in [3.05, 3.63) is 115 Å². The molecule has 1 aromatic heterocycles. The zero-order valence-corrected chi connectivity index (χ0v) is 70.0. The first-order valence-corrected chi connectivity index (χ1v) is 42.8. The van der Waals surface area contributed by atoms with Gasteiger partial charge in [-0.1, -0.05) is 110 Å². The van der Waals surface area contributed by atoms with Gasteiger partial charge in [-0.2, -0.15) is 0 Å². The first-order chi connectivity index (χ1) is 57.1. The van der Waals surface area contributed by atoms with Gasteiger partial charge in [0.2, 0.25) is 35.4 Å². The van der Waals surface area contributed by atoms with Crippen LogP contribution < -0.4 is 47.7 Å². The summed E-state index contributed by atoms with van der Waals surface area (Å²) in [4.78, 5) is 246. The number of aliphatic imine (C=N–C) groups is 1. The molecule has 39 heteroatoms. The number of carboxylic acids is 4. The summed E-state index contributed by atoms with van der Waals surface area (Å²) in [6.07, 6.45) is 0.594. The number of nitrogens with one attached hydrogen (secondary N) is 7. The van der Waals surface area contributed by atoms with E-state index in [-0.39, 0.29) is 130 Å². The molecule has 2 unspecified atom stereocenters. The number of anilines is 2. The monoisotopic (exact) mass is 1730 g/mol. The minimum Gasteiger partial charge on any atom is -0.506 e. The summed E-state index contributed by atoms with van der Waals surface area (Å²) in [7, 11) is 3.29. The Labute approximate surface area is 705 Å². The van der Waals surface area contributed by atoms with E-state index in [4.69, 9.17) is 11.6 Å². The largest absolute Gasteiger partial charge is 0.506 e. The fraction of sp³-hybridized carbons (Fsp3) is 0.556. The summed E-state index contributed by atoms with van der Waals surface area (Å²) < 4.78 is 0. The molecule has 4 aliphatic heterocycles. The number of aromatic nitrogens is 2. The Hall–Kier alpha value is -10.2. The zero-order chi connectivity index (χ0) is 87.6. The number of allylic oxidation sites excluding steroid dienone is 1. The van der Waals surface area contributed by atoms with Gasteiger partial charge in [0.1, 0.15) is 29.2 Å².